The number of para-hydroxylation sites is 1. The van der Waals surface area contributed by atoms with Crippen molar-refractivity contribution in [3.8, 4) is 0 Å². The molecule has 5 nitrogen and oxygen atoms in total. The predicted octanol–water partition coefficient (Wildman–Crippen LogP) is 1.84. The molecule has 6 heteroatoms. The number of nitrogens with two attached hydrogens (primary N) is 1. The molecule has 0 radical (unpaired) electrons. The van der Waals surface area contributed by atoms with E-state index in [4.69, 9.17) is 5.73 Å². The van der Waals surface area contributed by atoms with Crippen LogP contribution >= 0.6 is 11.3 Å². The zero-order valence-corrected chi connectivity index (χ0v) is 12.7. The summed E-state index contributed by atoms with van der Waals surface area (Å²) in [4.78, 5) is 20.3. The van der Waals surface area contributed by atoms with Gasteiger partial charge in [-0.2, -0.15) is 0 Å². The molecule has 0 saturated heterocycles. The van der Waals surface area contributed by atoms with Gasteiger partial charge in [0.15, 0.2) is 5.01 Å². The van der Waals surface area contributed by atoms with Gasteiger partial charge in [0.1, 0.15) is 0 Å². The molecule has 0 atom stereocenters. The Morgan fingerprint density at radius 1 is 1.48 bits per heavy atom. The Bertz CT molecular complexity index is 667. The fraction of sp³-hybridized carbons (Fsp3) is 0.333. The highest BCUT2D eigenvalue weighted by molar-refractivity contribution is 7.13. The second kappa shape index (κ2) is 5.93. The summed E-state index contributed by atoms with van der Waals surface area (Å²) in [6.45, 7) is 2.27. The first kappa shape index (κ1) is 14.2. The maximum absolute atomic E-state index is 12.4. The topological polar surface area (TPSA) is 71.2 Å². The zero-order valence-electron chi connectivity index (χ0n) is 11.9. The number of anilines is 1. The highest BCUT2D eigenvalue weighted by atomic mass is 32.1. The van der Waals surface area contributed by atoms with Crippen molar-refractivity contribution in [2.75, 3.05) is 18.9 Å². The standard InChI is InChI=1S/C15H18N4OS/c1-19-7-6-12-13(9-19)21-15(18-12)14(20)17-11-5-3-2-4-10(11)8-16/h2-5H,6-9,16H2,1H3,(H,17,20). The molecule has 1 amide bonds. The third kappa shape index (κ3) is 2.97. The number of nitrogens with one attached hydrogen (secondary N) is 1. The molecule has 0 unspecified atom stereocenters. The van der Waals surface area contributed by atoms with Gasteiger partial charge in [0.25, 0.3) is 5.91 Å². The molecule has 2 heterocycles. The molecule has 0 bridgehead atoms. The van der Waals surface area contributed by atoms with E-state index in [1.165, 1.54) is 16.2 Å². The van der Waals surface area contributed by atoms with Crippen molar-refractivity contribution in [2.45, 2.75) is 19.5 Å². The van der Waals surface area contributed by atoms with E-state index in [0.717, 1.165) is 36.5 Å². The minimum Gasteiger partial charge on any atom is -0.326 e. The van der Waals surface area contributed by atoms with Crippen molar-refractivity contribution in [1.82, 2.24) is 9.88 Å². The number of hydrogen-bond donors (Lipinski definition) is 2. The summed E-state index contributed by atoms with van der Waals surface area (Å²) < 4.78 is 0. The molecule has 2 aromatic rings. The lowest BCUT2D eigenvalue weighted by atomic mass is 10.2. The molecule has 0 spiro atoms. The third-order valence-electron chi connectivity index (χ3n) is 3.60. The van der Waals surface area contributed by atoms with Gasteiger partial charge in [0.2, 0.25) is 0 Å². The molecule has 1 aromatic carbocycles. The van der Waals surface area contributed by atoms with Gasteiger partial charge in [-0.3, -0.25) is 4.79 Å². The van der Waals surface area contributed by atoms with E-state index >= 15 is 0 Å². The highest BCUT2D eigenvalue weighted by Gasteiger charge is 2.21. The van der Waals surface area contributed by atoms with E-state index in [-0.39, 0.29) is 5.91 Å². The first-order valence-corrected chi connectivity index (χ1v) is 7.75. The van der Waals surface area contributed by atoms with Crippen LogP contribution < -0.4 is 11.1 Å². The number of rotatable bonds is 3. The number of aromatic nitrogens is 1. The van der Waals surface area contributed by atoms with E-state index in [1.54, 1.807) is 0 Å². The Morgan fingerprint density at radius 2 is 2.29 bits per heavy atom. The molecule has 110 valence electrons. The summed E-state index contributed by atoms with van der Waals surface area (Å²) in [6.07, 6.45) is 0.912. The van der Waals surface area contributed by atoms with Crippen LogP contribution in [-0.4, -0.2) is 29.4 Å². The largest absolute Gasteiger partial charge is 0.326 e. The molecule has 0 fully saturated rings. The van der Waals surface area contributed by atoms with Crippen LogP contribution in [0.3, 0.4) is 0 Å². The van der Waals surface area contributed by atoms with Gasteiger partial charge in [-0.1, -0.05) is 18.2 Å². The van der Waals surface area contributed by atoms with Crippen molar-refractivity contribution in [2.24, 2.45) is 5.73 Å². The van der Waals surface area contributed by atoms with E-state index in [2.05, 4.69) is 22.2 Å². The molecule has 1 aliphatic rings. The zero-order chi connectivity index (χ0) is 14.8. The minimum atomic E-state index is -0.155. The van der Waals surface area contributed by atoms with Crippen LogP contribution in [0.2, 0.25) is 0 Å². The Hall–Kier alpha value is -1.76. The predicted molar refractivity (Wildman–Crippen MR) is 84.4 cm³/mol. The maximum atomic E-state index is 12.4. The number of carbonyl (C=O) groups excluding carboxylic acids is 1. The normalized spacial score (nSPS) is 14.8. The lowest BCUT2D eigenvalue weighted by Gasteiger charge is -2.20. The molecular formula is C15H18N4OS. The second-order valence-corrected chi connectivity index (χ2v) is 6.28. The summed E-state index contributed by atoms with van der Waals surface area (Å²) in [5, 5.41) is 3.44. The average molecular weight is 302 g/mol. The number of likely N-dealkylation sites (N-methyl/N-ethyl adjacent to an activating group) is 1. The number of hydrogen-bond acceptors (Lipinski definition) is 5. The second-order valence-electron chi connectivity index (χ2n) is 5.19. The first-order chi connectivity index (χ1) is 10.2. The molecule has 21 heavy (non-hydrogen) atoms. The number of benzene rings is 1. The Labute approximate surface area is 127 Å². The molecule has 3 rings (SSSR count). The van der Waals surface area contributed by atoms with Gasteiger partial charge in [-0.05, 0) is 18.7 Å². The number of fused-ring (bicyclic) bond motifs is 1. The van der Waals surface area contributed by atoms with Gasteiger partial charge in [0.05, 0.1) is 5.69 Å². The summed E-state index contributed by atoms with van der Waals surface area (Å²) in [6, 6.07) is 7.57. The molecule has 0 aliphatic carbocycles. The third-order valence-corrected chi connectivity index (χ3v) is 4.68. The SMILES string of the molecule is CN1CCc2nc(C(=O)Nc3ccccc3CN)sc2C1. The number of nitrogens with zero attached hydrogens (tertiary/aromatic N) is 2. The van der Waals surface area contributed by atoms with E-state index in [9.17, 15) is 4.79 Å². The summed E-state index contributed by atoms with van der Waals surface area (Å²) >= 11 is 1.48. The van der Waals surface area contributed by atoms with Gasteiger partial charge in [0, 0.05) is 36.6 Å². The van der Waals surface area contributed by atoms with Crippen LogP contribution in [0.15, 0.2) is 24.3 Å². The van der Waals surface area contributed by atoms with Crippen molar-refractivity contribution in [3.05, 3.63) is 45.4 Å². The van der Waals surface area contributed by atoms with Crippen LogP contribution in [0.4, 0.5) is 5.69 Å². The summed E-state index contributed by atoms with van der Waals surface area (Å²) in [5.41, 5.74) is 8.44. The van der Waals surface area contributed by atoms with Crippen LogP contribution in [0.5, 0.6) is 0 Å². The average Bonchev–Trinajstić information content (AvgIpc) is 2.91. The fourth-order valence-corrected chi connectivity index (χ4v) is 3.50. The number of thiazole rings is 1. The highest BCUT2D eigenvalue weighted by Crippen LogP contribution is 2.25. The Morgan fingerprint density at radius 3 is 3.10 bits per heavy atom. The number of carbonyl (C=O) groups is 1. The van der Waals surface area contributed by atoms with E-state index < -0.39 is 0 Å². The van der Waals surface area contributed by atoms with E-state index in [1.807, 2.05) is 24.3 Å². The molecule has 1 aromatic heterocycles. The Kier molecular flexibility index (Phi) is 4.01. The minimum absolute atomic E-state index is 0.155. The maximum Gasteiger partial charge on any atom is 0.284 e. The van der Waals surface area contributed by atoms with Crippen LogP contribution in [0.25, 0.3) is 0 Å². The van der Waals surface area contributed by atoms with Gasteiger partial charge < -0.3 is 16.0 Å². The van der Waals surface area contributed by atoms with Crippen LogP contribution in [0, 0.1) is 0 Å². The fourth-order valence-electron chi connectivity index (χ4n) is 2.42. The van der Waals surface area contributed by atoms with Gasteiger partial charge >= 0.3 is 0 Å². The molecule has 1 aliphatic heterocycles. The molecular weight excluding hydrogens is 284 g/mol. The summed E-state index contributed by atoms with van der Waals surface area (Å²) in [7, 11) is 2.08. The quantitative estimate of drug-likeness (QED) is 0.907. The van der Waals surface area contributed by atoms with Gasteiger partial charge in [-0.15, -0.1) is 11.3 Å². The number of amides is 1. The van der Waals surface area contributed by atoms with E-state index in [0.29, 0.717) is 11.6 Å². The smallest absolute Gasteiger partial charge is 0.284 e. The lowest BCUT2D eigenvalue weighted by Crippen LogP contribution is -2.25. The monoisotopic (exact) mass is 302 g/mol. The summed E-state index contributed by atoms with van der Waals surface area (Å²) in [5.74, 6) is -0.155. The van der Waals surface area contributed by atoms with Gasteiger partial charge in [-0.25, -0.2) is 4.98 Å². The van der Waals surface area contributed by atoms with Crippen LogP contribution in [0.1, 0.15) is 25.9 Å². The first-order valence-electron chi connectivity index (χ1n) is 6.94. The van der Waals surface area contributed by atoms with Crippen molar-refractivity contribution in [1.29, 1.82) is 0 Å². The Balaban J connectivity index is 1.80. The molecule has 0 saturated carbocycles. The van der Waals surface area contributed by atoms with Crippen molar-refractivity contribution >= 4 is 22.9 Å². The van der Waals surface area contributed by atoms with Crippen molar-refractivity contribution in [3.63, 3.8) is 0 Å². The lowest BCUT2D eigenvalue weighted by molar-refractivity contribution is 0.102. The molecule has 3 N–H and O–H groups in total. The van der Waals surface area contributed by atoms with Crippen molar-refractivity contribution < 1.29 is 4.79 Å². The van der Waals surface area contributed by atoms with Crippen LogP contribution in [-0.2, 0) is 19.5 Å².